The van der Waals surface area contributed by atoms with Crippen LogP contribution in [0.2, 0.25) is 0 Å². The Hall–Kier alpha value is -3.69. The van der Waals surface area contributed by atoms with E-state index in [4.69, 9.17) is 14.7 Å². The van der Waals surface area contributed by atoms with Crippen LogP contribution >= 0.6 is 0 Å². The first-order valence-electron chi connectivity index (χ1n) is 13.4. The number of halogens is 1. The van der Waals surface area contributed by atoms with Crippen LogP contribution in [0.4, 0.5) is 33.3 Å². The third-order valence-corrected chi connectivity index (χ3v) is 8.48. The number of fused-ring (bicyclic) bond motifs is 3. The van der Waals surface area contributed by atoms with Gasteiger partial charge in [0, 0.05) is 50.0 Å². The van der Waals surface area contributed by atoms with Crippen LogP contribution in [-0.2, 0) is 5.41 Å². The Morgan fingerprint density at radius 3 is 2.47 bits per heavy atom. The number of hydrogen-bond acceptors (Lipinski definition) is 9. The Labute approximate surface area is 222 Å². The van der Waals surface area contributed by atoms with Gasteiger partial charge in [-0.2, -0.15) is 15.1 Å². The molecule has 10 heteroatoms. The molecule has 0 spiro atoms. The van der Waals surface area contributed by atoms with Gasteiger partial charge in [0.05, 0.1) is 19.0 Å². The fourth-order valence-electron chi connectivity index (χ4n) is 6.44. The van der Waals surface area contributed by atoms with E-state index in [1.54, 1.807) is 7.11 Å². The van der Waals surface area contributed by atoms with Crippen molar-refractivity contribution in [3.05, 3.63) is 47.9 Å². The standard InChI is InChI=1S/C28H35FN8O/c1-28(2)11-12-37(20-9-7-19(29)8-10-20)26-23(28)25(30-3)33-27(34-26)32-24-17-5-6-18(24)16-36(15-17)21-13-22(38-4)35-31-14-21/h7-10,13-14,17-18,24H,5-6,11-12,15-16H2,1-4H3,(H2,30,32,33,34)/t17-,18+,24+. The minimum absolute atomic E-state index is 0.0905. The lowest BCUT2D eigenvalue weighted by molar-refractivity contribution is 0.372. The van der Waals surface area contributed by atoms with Gasteiger partial charge in [0.2, 0.25) is 11.8 Å². The largest absolute Gasteiger partial charge is 0.480 e. The maximum absolute atomic E-state index is 13.7. The van der Waals surface area contributed by atoms with Crippen molar-refractivity contribution in [3.8, 4) is 5.88 Å². The summed E-state index contributed by atoms with van der Waals surface area (Å²) in [5, 5.41) is 15.2. The van der Waals surface area contributed by atoms with E-state index < -0.39 is 0 Å². The first-order chi connectivity index (χ1) is 18.4. The third-order valence-electron chi connectivity index (χ3n) is 8.48. The number of hydrogen-bond donors (Lipinski definition) is 2. The Bertz CT molecular complexity index is 1300. The van der Waals surface area contributed by atoms with Crippen molar-refractivity contribution in [2.45, 2.75) is 44.6 Å². The van der Waals surface area contributed by atoms with Gasteiger partial charge in [0.25, 0.3) is 0 Å². The average Bonchev–Trinajstić information content (AvgIpc) is 3.14. The molecule has 2 bridgehead atoms. The van der Waals surface area contributed by atoms with Gasteiger partial charge in [0.15, 0.2) is 0 Å². The second-order valence-electron chi connectivity index (χ2n) is 11.2. The van der Waals surface area contributed by atoms with Gasteiger partial charge in [-0.25, -0.2) is 4.39 Å². The number of ether oxygens (including phenoxy) is 1. The van der Waals surface area contributed by atoms with Gasteiger partial charge < -0.3 is 25.2 Å². The molecule has 1 aromatic carbocycles. The molecule has 2 aliphatic heterocycles. The summed E-state index contributed by atoms with van der Waals surface area (Å²) in [6.45, 7) is 7.15. The van der Waals surface area contributed by atoms with Gasteiger partial charge >= 0.3 is 0 Å². The van der Waals surface area contributed by atoms with Gasteiger partial charge in [-0.15, -0.1) is 5.10 Å². The van der Waals surface area contributed by atoms with E-state index >= 15 is 0 Å². The lowest BCUT2D eigenvalue weighted by Crippen LogP contribution is -2.48. The molecule has 4 heterocycles. The molecule has 1 saturated carbocycles. The molecule has 3 aromatic rings. The molecule has 1 aliphatic carbocycles. The Morgan fingerprint density at radius 2 is 1.79 bits per heavy atom. The van der Waals surface area contributed by atoms with E-state index in [2.05, 4.69) is 44.5 Å². The quantitative estimate of drug-likeness (QED) is 0.486. The monoisotopic (exact) mass is 518 g/mol. The number of aromatic nitrogens is 4. The Kier molecular flexibility index (Phi) is 6.20. The maximum Gasteiger partial charge on any atom is 0.235 e. The molecule has 3 atom stereocenters. The highest BCUT2D eigenvalue weighted by atomic mass is 19.1. The molecular weight excluding hydrogens is 483 g/mol. The summed E-state index contributed by atoms with van der Waals surface area (Å²) in [4.78, 5) is 14.7. The summed E-state index contributed by atoms with van der Waals surface area (Å²) in [7, 11) is 3.53. The summed E-state index contributed by atoms with van der Waals surface area (Å²) in [6, 6.07) is 8.91. The van der Waals surface area contributed by atoms with E-state index in [-0.39, 0.29) is 11.2 Å². The highest BCUT2D eigenvalue weighted by Gasteiger charge is 2.43. The van der Waals surface area contributed by atoms with E-state index in [1.807, 2.05) is 31.4 Å². The Morgan fingerprint density at radius 1 is 1.05 bits per heavy atom. The molecule has 6 rings (SSSR count). The highest BCUT2D eigenvalue weighted by molar-refractivity contribution is 5.73. The first-order valence-corrected chi connectivity index (χ1v) is 13.4. The van der Waals surface area contributed by atoms with Crippen LogP contribution < -0.4 is 25.2 Å². The number of nitrogens with one attached hydrogen (secondary N) is 2. The second kappa shape index (κ2) is 9.56. The number of nitrogens with zero attached hydrogens (tertiary/aromatic N) is 6. The van der Waals surface area contributed by atoms with E-state index in [0.29, 0.717) is 29.7 Å². The summed E-state index contributed by atoms with van der Waals surface area (Å²) < 4.78 is 19.0. The minimum Gasteiger partial charge on any atom is -0.480 e. The van der Waals surface area contributed by atoms with Crippen LogP contribution in [-0.4, -0.2) is 60.0 Å². The SMILES string of the molecule is CNc1nc(N[C@H]2[C@@H]3CC[C@H]2CN(c2cnnc(OC)c2)C3)nc2c1C(C)(C)CCN2c1ccc(F)cc1. The first kappa shape index (κ1) is 24.6. The topological polar surface area (TPSA) is 91.3 Å². The molecule has 2 fully saturated rings. The summed E-state index contributed by atoms with van der Waals surface area (Å²) >= 11 is 0. The zero-order chi connectivity index (χ0) is 26.4. The van der Waals surface area contributed by atoms with Crippen molar-refractivity contribution in [3.63, 3.8) is 0 Å². The van der Waals surface area contributed by atoms with Gasteiger partial charge in [-0.05, 0) is 60.8 Å². The summed E-state index contributed by atoms with van der Waals surface area (Å²) in [6.07, 6.45) is 5.08. The minimum atomic E-state index is -0.241. The van der Waals surface area contributed by atoms with Gasteiger partial charge in [-0.1, -0.05) is 13.8 Å². The van der Waals surface area contributed by atoms with Crippen LogP contribution in [0, 0.1) is 17.7 Å². The molecule has 0 radical (unpaired) electrons. The second-order valence-corrected chi connectivity index (χ2v) is 11.2. The van der Waals surface area contributed by atoms with E-state index in [9.17, 15) is 4.39 Å². The molecule has 9 nitrogen and oxygen atoms in total. The molecule has 38 heavy (non-hydrogen) atoms. The summed E-state index contributed by atoms with van der Waals surface area (Å²) in [5.41, 5.74) is 2.99. The predicted octanol–water partition coefficient (Wildman–Crippen LogP) is 4.60. The lowest BCUT2D eigenvalue weighted by atomic mass is 9.79. The number of methoxy groups -OCH3 is 1. The molecule has 0 amide bonds. The average molecular weight is 519 g/mol. The van der Waals surface area contributed by atoms with Crippen LogP contribution in [0.5, 0.6) is 5.88 Å². The number of benzene rings is 1. The highest BCUT2D eigenvalue weighted by Crippen LogP contribution is 2.46. The van der Waals surface area contributed by atoms with Crippen molar-refractivity contribution < 1.29 is 9.13 Å². The molecular formula is C28H35FN8O. The maximum atomic E-state index is 13.7. The van der Waals surface area contributed by atoms with E-state index in [1.165, 1.54) is 12.1 Å². The fourth-order valence-corrected chi connectivity index (χ4v) is 6.44. The van der Waals surface area contributed by atoms with Crippen LogP contribution in [0.15, 0.2) is 36.5 Å². The number of anilines is 5. The van der Waals surface area contributed by atoms with Crippen molar-refractivity contribution in [2.75, 3.05) is 54.2 Å². The summed E-state index contributed by atoms with van der Waals surface area (Å²) in [5.74, 6) is 3.59. The van der Waals surface area contributed by atoms with Crippen molar-refractivity contribution >= 4 is 29.0 Å². The zero-order valence-corrected chi connectivity index (χ0v) is 22.4. The van der Waals surface area contributed by atoms with Gasteiger partial charge in [0.1, 0.15) is 17.5 Å². The normalized spacial score (nSPS) is 23.7. The van der Waals surface area contributed by atoms with Crippen molar-refractivity contribution in [1.82, 2.24) is 20.2 Å². The van der Waals surface area contributed by atoms with Crippen LogP contribution in [0.1, 0.15) is 38.7 Å². The van der Waals surface area contributed by atoms with Crippen LogP contribution in [0.25, 0.3) is 0 Å². The van der Waals surface area contributed by atoms with Crippen LogP contribution in [0.3, 0.4) is 0 Å². The molecule has 2 N–H and O–H groups in total. The predicted molar refractivity (Wildman–Crippen MR) is 147 cm³/mol. The molecule has 1 saturated heterocycles. The lowest BCUT2D eigenvalue weighted by Gasteiger charge is -2.41. The molecule has 3 aliphatic rings. The van der Waals surface area contributed by atoms with Gasteiger partial charge in [-0.3, -0.25) is 0 Å². The number of piperidine rings is 1. The number of rotatable bonds is 6. The Balaban J connectivity index is 1.30. The third kappa shape index (κ3) is 4.35. The fraction of sp³-hybridized carbons (Fsp3) is 0.500. The smallest absolute Gasteiger partial charge is 0.235 e. The van der Waals surface area contributed by atoms with Crippen molar-refractivity contribution in [1.29, 1.82) is 0 Å². The molecule has 200 valence electrons. The van der Waals surface area contributed by atoms with E-state index in [0.717, 1.165) is 67.5 Å². The van der Waals surface area contributed by atoms with Crippen molar-refractivity contribution in [2.24, 2.45) is 11.8 Å². The zero-order valence-electron chi connectivity index (χ0n) is 22.4. The molecule has 2 aromatic heterocycles. The molecule has 0 unspecified atom stereocenters.